The number of anilines is 2. The fraction of sp³-hybridized carbons (Fsp3) is 0.105. The predicted octanol–water partition coefficient (Wildman–Crippen LogP) is 4.48. The average Bonchev–Trinajstić information content (AvgIpc) is 2.96. The van der Waals surface area contributed by atoms with E-state index in [0.29, 0.717) is 10.8 Å². The molecular formula is C19H16ClN5O. The average molecular weight is 366 g/mol. The lowest BCUT2D eigenvalue weighted by atomic mass is 10.2. The summed E-state index contributed by atoms with van der Waals surface area (Å²) < 4.78 is 1.65. The molecule has 4 rings (SSSR count). The Kier molecular flexibility index (Phi) is 3.97. The van der Waals surface area contributed by atoms with Gasteiger partial charge in [0.2, 0.25) is 0 Å². The highest BCUT2D eigenvalue weighted by atomic mass is 35.5. The molecule has 26 heavy (non-hydrogen) atoms. The van der Waals surface area contributed by atoms with Crippen molar-refractivity contribution >= 4 is 50.9 Å². The zero-order valence-corrected chi connectivity index (χ0v) is 15.0. The van der Waals surface area contributed by atoms with E-state index in [-0.39, 0.29) is 6.03 Å². The number of benzene rings is 2. The summed E-state index contributed by atoms with van der Waals surface area (Å²) in [6, 6.07) is 13.2. The lowest BCUT2D eigenvalue weighted by Crippen LogP contribution is -2.25. The molecule has 0 atom stereocenters. The van der Waals surface area contributed by atoms with Crippen LogP contribution in [0.5, 0.6) is 0 Å². The van der Waals surface area contributed by atoms with Gasteiger partial charge in [0, 0.05) is 34.2 Å². The van der Waals surface area contributed by atoms with E-state index in [4.69, 9.17) is 11.6 Å². The molecule has 7 heteroatoms. The third kappa shape index (κ3) is 2.74. The first-order chi connectivity index (χ1) is 12.6. The molecule has 0 aliphatic heterocycles. The zero-order chi connectivity index (χ0) is 18.3. The normalized spacial score (nSPS) is 11.0. The lowest BCUT2D eigenvalue weighted by Gasteiger charge is -2.09. The Labute approximate surface area is 154 Å². The number of halogens is 1. The highest BCUT2D eigenvalue weighted by molar-refractivity contribution is 6.31. The molecule has 2 heterocycles. The van der Waals surface area contributed by atoms with E-state index in [2.05, 4.69) is 20.6 Å². The minimum absolute atomic E-state index is 0.156. The number of carbonyl (C=O) groups excluding carboxylic acids is 1. The molecule has 4 aromatic rings. The van der Waals surface area contributed by atoms with Gasteiger partial charge in [-0.2, -0.15) is 0 Å². The molecule has 2 N–H and O–H groups in total. The van der Waals surface area contributed by atoms with E-state index in [9.17, 15) is 4.79 Å². The third-order valence-corrected chi connectivity index (χ3v) is 4.50. The third-order valence-electron chi connectivity index (χ3n) is 4.26. The number of nitrogens with zero attached hydrogens (tertiary/aromatic N) is 3. The molecule has 0 saturated heterocycles. The molecular weight excluding hydrogens is 350 g/mol. The molecule has 0 saturated carbocycles. The van der Waals surface area contributed by atoms with Gasteiger partial charge in [-0.25, -0.2) is 14.8 Å². The summed E-state index contributed by atoms with van der Waals surface area (Å²) in [4.78, 5) is 20.7. The maximum absolute atomic E-state index is 12.1. The first kappa shape index (κ1) is 16.4. The number of carbonyl (C=O) groups is 1. The Morgan fingerprint density at radius 3 is 2.77 bits per heavy atom. The number of fused-ring (bicyclic) bond motifs is 2. The predicted molar refractivity (Wildman–Crippen MR) is 104 cm³/mol. The second-order valence-corrected chi connectivity index (χ2v) is 6.40. The van der Waals surface area contributed by atoms with Crippen LogP contribution in [-0.2, 0) is 0 Å². The topological polar surface area (TPSA) is 71.8 Å². The smallest absolute Gasteiger partial charge is 0.325 e. The molecule has 2 aromatic heterocycles. The van der Waals surface area contributed by atoms with Crippen molar-refractivity contribution in [2.24, 2.45) is 0 Å². The van der Waals surface area contributed by atoms with Gasteiger partial charge in [-0.15, -0.1) is 0 Å². The Bertz CT molecular complexity index is 1150. The van der Waals surface area contributed by atoms with Crippen LogP contribution in [-0.4, -0.2) is 27.6 Å². The number of hydrogen-bond donors (Lipinski definition) is 2. The van der Waals surface area contributed by atoms with E-state index >= 15 is 0 Å². The Morgan fingerprint density at radius 2 is 1.96 bits per heavy atom. The van der Waals surface area contributed by atoms with Crippen LogP contribution < -0.4 is 10.6 Å². The standard InChI is InChI=1S/C19H16ClN5O/c1-11-7-12-8-14(4-6-17(12)25(11)19(26)21-2)24-18-15-5-3-13(20)9-16(15)22-10-23-18/h3-10H,1-2H3,(H,21,26)(H,22,23,24). The van der Waals surface area contributed by atoms with Crippen LogP contribution in [0.25, 0.3) is 21.8 Å². The number of nitrogens with one attached hydrogen (secondary N) is 2. The van der Waals surface area contributed by atoms with Crippen LogP contribution in [0.1, 0.15) is 5.69 Å². The molecule has 6 nitrogen and oxygen atoms in total. The zero-order valence-electron chi connectivity index (χ0n) is 14.2. The number of hydrogen-bond acceptors (Lipinski definition) is 4. The van der Waals surface area contributed by atoms with Crippen molar-refractivity contribution in [1.29, 1.82) is 0 Å². The summed E-state index contributed by atoms with van der Waals surface area (Å²) in [7, 11) is 1.62. The van der Waals surface area contributed by atoms with Crippen molar-refractivity contribution in [3.05, 3.63) is 59.5 Å². The van der Waals surface area contributed by atoms with Gasteiger partial charge in [0.25, 0.3) is 0 Å². The summed E-state index contributed by atoms with van der Waals surface area (Å²) in [5, 5.41) is 8.48. The van der Waals surface area contributed by atoms with E-state index in [1.54, 1.807) is 17.7 Å². The first-order valence-corrected chi connectivity index (χ1v) is 8.46. The van der Waals surface area contributed by atoms with Crippen molar-refractivity contribution in [3.8, 4) is 0 Å². The van der Waals surface area contributed by atoms with Crippen molar-refractivity contribution in [2.45, 2.75) is 6.92 Å². The van der Waals surface area contributed by atoms with Crippen molar-refractivity contribution < 1.29 is 4.79 Å². The van der Waals surface area contributed by atoms with Crippen LogP contribution in [0, 0.1) is 6.92 Å². The summed E-state index contributed by atoms with van der Waals surface area (Å²) in [5.41, 5.74) is 3.38. The number of aryl methyl sites for hydroxylation is 1. The fourth-order valence-electron chi connectivity index (χ4n) is 3.08. The summed E-state index contributed by atoms with van der Waals surface area (Å²) in [6.07, 6.45) is 1.51. The van der Waals surface area contributed by atoms with Gasteiger partial charge >= 0.3 is 6.03 Å². The van der Waals surface area contributed by atoms with Crippen molar-refractivity contribution in [1.82, 2.24) is 19.9 Å². The molecule has 0 unspecified atom stereocenters. The van der Waals surface area contributed by atoms with Gasteiger partial charge in [-0.3, -0.25) is 4.57 Å². The maximum atomic E-state index is 12.1. The highest BCUT2D eigenvalue weighted by Crippen LogP contribution is 2.28. The molecule has 130 valence electrons. The first-order valence-electron chi connectivity index (χ1n) is 8.08. The highest BCUT2D eigenvalue weighted by Gasteiger charge is 2.12. The van der Waals surface area contributed by atoms with Crippen LogP contribution in [0.15, 0.2) is 48.8 Å². The minimum atomic E-state index is -0.156. The molecule has 0 spiro atoms. The lowest BCUT2D eigenvalue weighted by molar-refractivity contribution is 0.245. The summed E-state index contributed by atoms with van der Waals surface area (Å²) >= 11 is 6.04. The van der Waals surface area contributed by atoms with E-state index < -0.39 is 0 Å². The van der Waals surface area contributed by atoms with Crippen molar-refractivity contribution in [2.75, 3.05) is 12.4 Å². The van der Waals surface area contributed by atoms with Crippen LogP contribution in [0.2, 0.25) is 5.02 Å². The summed E-state index contributed by atoms with van der Waals surface area (Å²) in [6.45, 7) is 1.91. The van der Waals surface area contributed by atoms with Gasteiger partial charge in [0.1, 0.15) is 12.1 Å². The van der Waals surface area contributed by atoms with Crippen LogP contribution in [0.4, 0.5) is 16.3 Å². The SMILES string of the molecule is CNC(=O)n1c(C)cc2cc(Nc3ncnc4cc(Cl)ccc34)ccc21. The van der Waals surface area contributed by atoms with Crippen LogP contribution >= 0.6 is 11.6 Å². The molecule has 0 aliphatic rings. The van der Waals surface area contributed by atoms with Crippen molar-refractivity contribution in [3.63, 3.8) is 0 Å². The minimum Gasteiger partial charge on any atom is -0.340 e. The van der Waals surface area contributed by atoms with Gasteiger partial charge in [-0.05, 0) is 49.4 Å². The Hall–Kier alpha value is -3.12. The summed E-state index contributed by atoms with van der Waals surface area (Å²) in [5.74, 6) is 0.702. The quantitative estimate of drug-likeness (QED) is 0.549. The molecule has 0 aliphatic carbocycles. The molecule has 0 bridgehead atoms. The van der Waals surface area contributed by atoms with E-state index in [1.807, 2.05) is 43.3 Å². The second kappa shape index (κ2) is 6.31. The Balaban J connectivity index is 1.76. The van der Waals surface area contributed by atoms with Gasteiger partial charge < -0.3 is 10.6 Å². The Morgan fingerprint density at radius 1 is 1.12 bits per heavy atom. The van der Waals surface area contributed by atoms with Gasteiger partial charge in [-0.1, -0.05) is 11.6 Å². The van der Waals surface area contributed by atoms with Gasteiger partial charge in [0.15, 0.2) is 0 Å². The molecule has 2 aromatic carbocycles. The number of rotatable bonds is 2. The molecule has 1 amide bonds. The van der Waals surface area contributed by atoms with Crippen LogP contribution in [0.3, 0.4) is 0 Å². The number of amides is 1. The maximum Gasteiger partial charge on any atom is 0.325 e. The monoisotopic (exact) mass is 365 g/mol. The fourth-order valence-corrected chi connectivity index (χ4v) is 3.25. The van der Waals surface area contributed by atoms with E-state index in [1.165, 1.54) is 6.33 Å². The molecule has 0 radical (unpaired) electrons. The second-order valence-electron chi connectivity index (χ2n) is 5.96. The van der Waals surface area contributed by atoms with E-state index in [0.717, 1.165) is 33.2 Å². The molecule has 0 fully saturated rings. The number of aromatic nitrogens is 3. The largest absolute Gasteiger partial charge is 0.340 e. The van der Waals surface area contributed by atoms with Gasteiger partial charge in [0.05, 0.1) is 11.0 Å².